The van der Waals surface area contributed by atoms with Crippen molar-refractivity contribution in [3.63, 3.8) is 0 Å². The quantitative estimate of drug-likeness (QED) is 0.689. The second-order valence-electron chi connectivity index (χ2n) is 5.63. The van der Waals surface area contributed by atoms with Gasteiger partial charge in [-0.05, 0) is 53.1 Å². The van der Waals surface area contributed by atoms with Crippen molar-refractivity contribution in [3.05, 3.63) is 106 Å². The van der Waals surface area contributed by atoms with Crippen LogP contribution in [-0.2, 0) is 10.2 Å². The summed E-state index contributed by atoms with van der Waals surface area (Å²) in [7, 11) is 0. The first-order valence-electron chi connectivity index (χ1n) is 7.52. The zero-order valence-electron chi connectivity index (χ0n) is 13.0. The smallest absolute Gasteiger partial charge is 0.237 e. The van der Waals surface area contributed by atoms with Gasteiger partial charge in [0.15, 0.2) is 0 Å². The van der Waals surface area contributed by atoms with Gasteiger partial charge in [-0.25, -0.2) is 8.78 Å². The van der Waals surface area contributed by atoms with E-state index in [1.165, 1.54) is 48.5 Å². The van der Waals surface area contributed by atoms with Crippen LogP contribution in [0.25, 0.3) is 0 Å². The molecule has 0 aliphatic carbocycles. The molecule has 2 nitrogen and oxygen atoms in total. The summed E-state index contributed by atoms with van der Waals surface area (Å²) >= 11 is 5.96. The lowest BCUT2D eigenvalue weighted by Gasteiger charge is -2.32. The number of hydrogen-bond donors (Lipinski definition) is 1. The second kappa shape index (κ2) is 6.65. The van der Waals surface area contributed by atoms with E-state index in [1.807, 2.05) is 0 Å². The molecule has 0 unspecified atom stereocenters. The van der Waals surface area contributed by atoms with Crippen molar-refractivity contribution in [2.75, 3.05) is 0 Å². The summed E-state index contributed by atoms with van der Waals surface area (Å²) in [6.45, 7) is 0. The fourth-order valence-corrected chi connectivity index (χ4v) is 3.15. The third-order valence-electron chi connectivity index (χ3n) is 4.20. The summed E-state index contributed by atoms with van der Waals surface area (Å²) in [6, 6.07) is 17.7. The molecular formula is C20H14ClF2NO. The van der Waals surface area contributed by atoms with Crippen LogP contribution in [0.4, 0.5) is 8.78 Å². The number of primary amides is 1. The lowest BCUT2D eigenvalue weighted by Crippen LogP contribution is -2.43. The predicted molar refractivity (Wildman–Crippen MR) is 93.3 cm³/mol. The molecular weight excluding hydrogens is 344 g/mol. The van der Waals surface area contributed by atoms with Crippen LogP contribution in [0.1, 0.15) is 16.7 Å². The molecule has 0 saturated carbocycles. The zero-order chi connectivity index (χ0) is 18.0. The summed E-state index contributed by atoms with van der Waals surface area (Å²) in [5, 5.41) is 0.500. The van der Waals surface area contributed by atoms with E-state index in [1.54, 1.807) is 24.3 Å². The highest BCUT2D eigenvalue weighted by molar-refractivity contribution is 6.30. The molecule has 0 radical (unpaired) electrons. The average Bonchev–Trinajstić information content (AvgIpc) is 2.60. The third-order valence-corrected chi connectivity index (χ3v) is 4.45. The van der Waals surface area contributed by atoms with E-state index in [9.17, 15) is 13.6 Å². The van der Waals surface area contributed by atoms with Crippen molar-refractivity contribution in [1.29, 1.82) is 0 Å². The van der Waals surface area contributed by atoms with Crippen LogP contribution in [0, 0.1) is 11.6 Å². The maximum absolute atomic E-state index is 13.4. The maximum atomic E-state index is 13.4. The Bertz CT molecular complexity index is 780. The standard InChI is InChI=1S/C20H14ClF2NO/c21-16-7-1-13(2-8-16)20(19(24)25,14-3-9-17(22)10-4-14)15-5-11-18(23)12-6-15/h1-12H,(H2,24,25). The van der Waals surface area contributed by atoms with E-state index in [0.717, 1.165) is 0 Å². The highest BCUT2D eigenvalue weighted by atomic mass is 35.5. The Morgan fingerprint density at radius 3 is 1.36 bits per heavy atom. The van der Waals surface area contributed by atoms with E-state index >= 15 is 0 Å². The molecule has 3 aromatic rings. The molecule has 0 atom stereocenters. The Morgan fingerprint density at radius 2 is 1.04 bits per heavy atom. The molecule has 0 heterocycles. The van der Waals surface area contributed by atoms with Crippen LogP contribution in [0.3, 0.4) is 0 Å². The SMILES string of the molecule is NC(=O)C(c1ccc(F)cc1)(c1ccc(F)cc1)c1ccc(Cl)cc1. The Hall–Kier alpha value is -2.72. The van der Waals surface area contributed by atoms with Crippen molar-refractivity contribution >= 4 is 17.5 Å². The topological polar surface area (TPSA) is 43.1 Å². The van der Waals surface area contributed by atoms with Gasteiger partial charge in [-0.3, -0.25) is 4.79 Å². The molecule has 0 saturated heterocycles. The van der Waals surface area contributed by atoms with Crippen molar-refractivity contribution < 1.29 is 13.6 Å². The summed E-state index contributed by atoms with van der Waals surface area (Å²) < 4.78 is 26.8. The first-order valence-corrected chi connectivity index (χ1v) is 7.90. The second-order valence-corrected chi connectivity index (χ2v) is 6.07. The fourth-order valence-electron chi connectivity index (χ4n) is 3.03. The minimum atomic E-state index is -1.40. The van der Waals surface area contributed by atoms with Crippen LogP contribution in [0.5, 0.6) is 0 Å². The maximum Gasteiger partial charge on any atom is 0.237 e. The molecule has 126 valence electrons. The third kappa shape index (κ3) is 3.01. The van der Waals surface area contributed by atoms with Gasteiger partial charge in [-0.15, -0.1) is 0 Å². The van der Waals surface area contributed by atoms with Crippen molar-refractivity contribution in [3.8, 4) is 0 Å². The lowest BCUT2D eigenvalue weighted by atomic mass is 9.69. The van der Waals surface area contributed by atoms with Gasteiger partial charge in [-0.1, -0.05) is 48.0 Å². The minimum absolute atomic E-state index is 0.433. The number of carbonyl (C=O) groups excluding carboxylic acids is 1. The molecule has 1 amide bonds. The normalized spacial score (nSPS) is 11.3. The van der Waals surface area contributed by atoms with E-state index in [0.29, 0.717) is 21.7 Å². The highest BCUT2D eigenvalue weighted by Crippen LogP contribution is 2.39. The van der Waals surface area contributed by atoms with Gasteiger partial charge in [0.05, 0.1) is 0 Å². The number of carbonyl (C=O) groups is 1. The van der Waals surface area contributed by atoms with Gasteiger partial charge in [0.1, 0.15) is 17.0 Å². The van der Waals surface area contributed by atoms with Crippen LogP contribution in [-0.4, -0.2) is 5.91 Å². The number of nitrogens with two attached hydrogens (primary N) is 1. The Labute approximate surface area is 148 Å². The molecule has 0 spiro atoms. The molecule has 0 fully saturated rings. The minimum Gasteiger partial charge on any atom is -0.368 e. The number of benzene rings is 3. The molecule has 0 aliphatic heterocycles. The van der Waals surface area contributed by atoms with Gasteiger partial charge in [0.25, 0.3) is 0 Å². The number of hydrogen-bond acceptors (Lipinski definition) is 1. The van der Waals surface area contributed by atoms with E-state index in [4.69, 9.17) is 17.3 Å². The lowest BCUT2D eigenvalue weighted by molar-refractivity contribution is -0.120. The molecule has 3 aromatic carbocycles. The number of rotatable bonds is 4. The highest BCUT2D eigenvalue weighted by Gasteiger charge is 2.42. The average molecular weight is 358 g/mol. The summed E-state index contributed by atoms with van der Waals surface area (Å²) in [6.07, 6.45) is 0. The first-order chi connectivity index (χ1) is 11.9. The molecule has 2 N–H and O–H groups in total. The van der Waals surface area contributed by atoms with E-state index in [2.05, 4.69) is 0 Å². The van der Waals surface area contributed by atoms with Gasteiger partial charge in [-0.2, -0.15) is 0 Å². The number of halogens is 3. The number of amides is 1. The molecule has 25 heavy (non-hydrogen) atoms. The van der Waals surface area contributed by atoms with Crippen molar-refractivity contribution in [2.24, 2.45) is 5.73 Å². The van der Waals surface area contributed by atoms with E-state index < -0.39 is 23.0 Å². The van der Waals surface area contributed by atoms with Gasteiger partial charge in [0, 0.05) is 5.02 Å². The van der Waals surface area contributed by atoms with Crippen molar-refractivity contribution in [1.82, 2.24) is 0 Å². The van der Waals surface area contributed by atoms with Gasteiger partial charge >= 0.3 is 0 Å². The van der Waals surface area contributed by atoms with Crippen LogP contribution in [0.2, 0.25) is 5.02 Å². The molecule has 0 bridgehead atoms. The van der Waals surface area contributed by atoms with E-state index in [-0.39, 0.29) is 0 Å². The van der Waals surface area contributed by atoms with Crippen molar-refractivity contribution in [2.45, 2.75) is 5.41 Å². The fraction of sp³-hybridized carbons (Fsp3) is 0.0500. The van der Waals surface area contributed by atoms with Crippen LogP contribution < -0.4 is 5.73 Å². The largest absolute Gasteiger partial charge is 0.368 e. The summed E-state index contributed by atoms with van der Waals surface area (Å²) in [4.78, 5) is 12.7. The molecule has 3 rings (SSSR count). The summed E-state index contributed by atoms with van der Waals surface area (Å²) in [5.41, 5.74) is 5.95. The van der Waals surface area contributed by atoms with Crippen LogP contribution in [0.15, 0.2) is 72.8 Å². The summed E-state index contributed by atoms with van der Waals surface area (Å²) in [5.74, 6) is -1.53. The van der Waals surface area contributed by atoms with Crippen LogP contribution >= 0.6 is 11.6 Å². The van der Waals surface area contributed by atoms with Gasteiger partial charge < -0.3 is 5.73 Å². The molecule has 0 aliphatic rings. The molecule has 0 aromatic heterocycles. The Morgan fingerprint density at radius 1 is 0.720 bits per heavy atom. The Balaban J connectivity index is 2.35. The van der Waals surface area contributed by atoms with Gasteiger partial charge in [0.2, 0.25) is 5.91 Å². The predicted octanol–water partition coefficient (Wildman–Crippen LogP) is 4.44. The Kier molecular flexibility index (Phi) is 4.55. The monoisotopic (exact) mass is 357 g/mol. The zero-order valence-corrected chi connectivity index (χ0v) is 13.8. The molecule has 5 heteroatoms. The first kappa shape index (κ1) is 17.1.